The van der Waals surface area contributed by atoms with Gasteiger partial charge in [0.15, 0.2) is 5.60 Å². The first-order valence-electron chi connectivity index (χ1n) is 4.51. The third-order valence-corrected chi connectivity index (χ3v) is 2.72. The predicted molar refractivity (Wildman–Crippen MR) is 42.8 cm³/mol. The van der Waals surface area contributed by atoms with E-state index in [1.165, 1.54) is 6.92 Å². The van der Waals surface area contributed by atoms with Crippen molar-refractivity contribution in [3.05, 3.63) is 0 Å². The summed E-state index contributed by atoms with van der Waals surface area (Å²) in [5.74, 6) is -0.573. The van der Waals surface area contributed by atoms with Crippen molar-refractivity contribution in [1.82, 2.24) is 0 Å². The second-order valence-corrected chi connectivity index (χ2v) is 3.71. The number of carbonyl (C=O) groups excluding carboxylic acids is 2. The normalized spacial score (nSPS) is 37.0. The first-order valence-corrected chi connectivity index (χ1v) is 4.51. The van der Waals surface area contributed by atoms with E-state index in [0.29, 0.717) is 0 Å². The fourth-order valence-corrected chi connectivity index (χ4v) is 2.26. The number of carbonyl (C=O) groups is 2. The average molecular weight is 184 g/mol. The van der Waals surface area contributed by atoms with E-state index in [9.17, 15) is 9.59 Å². The van der Waals surface area contributed by atoms with Gasteiger partial charge in [0.25, 0.3) is 0 Å². The summed E-state index contributed by atoms with van der Waals surface area (Å²) in [5, 5.41) is 0. The van der Waals surface area contributed by atoms with E-state index in [1.807, 2.05) is 0 Å². The Balaban J connectivity index is 2.18. The monoisotopic (exact) mass is 184 g/mol. The van der Waals surface area contributed by atoms with Crippen LogP contribution in [0.5, 0.6) is 0 Å². The lowest BCUT2D eigenvalue weighted by Crippen LogP contribution is -2.37. The largest absolute Gasteiger partial charge is 0.458 e. The second-order valence-electron chi connectivity index (χ2n) is 3.71. The summed E-state index contributed by atoms with van der Waals surface area (Å²) < 4.78 is 10.3. The van der Waals surface area contributed by atoms with E-state index in [1.54, 1.807) is 0 Å². The number of ether oxygens (including phenoxy) is 2. The van der Waals surface area contributed by atoms with Crippen LogP contribution >= 0.6 is 0 Å². The summed E-state index contributed by atoms with van der Waals surface area (Å²) in [4.78, 5) is 21.9. The number of hydrogen-bond donors (Lipinski definition) is 0. The van der Waals surface area contributed by atoms with E-state index in [2.05, 4.69) is 0 Å². The molecule has 0 N–H and O–H groups in total. The van der Waals surface area contributed by atoms with E-state index in [4.69, 9.17) is 9.47 Å². The van der Waals surface area contributed by atoms with Crippen LogP contribution in [0.15, 0.2) is 0 Å². The molecule has 0 amide bonds. The van der Waals surface area contributed by atoms with Crippen molar-refractivity contribution in [2.24, 2.45) is 0 Å². The van der Waals surface area contributed by atoms with Crippen LogP contribution in [0.2, 0.25) is 0 Å². The molecule has 1 saturated carbocycles. The minimum atomic E-state index is -0.622. The molecule has 72 valence electrons. The lowest BCUT2D eigenvalue weighted by atomic mass is 9.98. The zero-order valence-corrected chi connectivity index (χ0v) is 7.54. The van der Waals surface area contributed by atoms with Gasteiger partial charge in [0.05, 0.1) is 6.42 Å². The molecule has 0 bridgehead atoms. The smallest absolute Gasteiger partial charge is 0.310 e. The maximum atomic E-state index is 11.0. The lowest BCUT2D eigenvalue weighted by molar-refractivity contribution is -0.160. The molecule has 0 aromatic heterocycles. The summed E-state index contributed by atoms with van der Waals surface area (Å²) in [6, 6.07) is 0. The summed E-state index contributed by atoms with van der Waals surface area (Å²) in [6.45, 7) is 1.37. The van der Waals surface area contributed by atoms with Crippen molar-refractivity contribution < 1.29 is 19.1 Å². The van der Waals surface area contributed by atoms with Gasteiger partial charge in [0.1, 0.15) is 6.10 Å². The topological polar surface area (TPSA) is 52.6 Å². The maximum Gasteiger partial charge on any atom is 0.310 e. The molecule has 2 rings (SSSR count). The Labute approximate surface area is 76.2 Å². The summed E-state index contributed by atoms with van der Waals surface area (Å²) in [6.07, 6.45) is 2.58. The van der Waals surface area contributed by atoms with Gasteiger partial charge in [-0.2, -0.15) is 0 Å². The van der Waals surface area contributed by atoms with E-state index >= 15 is 0 Å². The number of esters is 2. The Morgan fingerprint density at radius 1 is 1.69 bits per heavy atom. The van der Waals surface area contributed by atoms with Gasteiger partial charge in [-0.25, -0.2) is 0 Å². The van der Waals surface area contributed by atoms with Crippen molar-refractivity contribution in [2.45, 2.75) is 44.3 Å². The molecule has 2 atom stereocenters. The third-order valence-electron chi connectivity index (χ3n) is 2.72. The molecular formula is C9H12O4. The van der Waals surface area contributed by atoms with Gasteiger partial charge in [-0.1, -0.05) is 0 Å². The van der Waals surface area contributed by atoms with Gasteiger partial charge in [0.2, 0.25) is 0 Å². The van der Waals surface area contributed by atoms with Crippen molar-refractivity contribution in [1.29, 1.82) is 0 Å². The minimum absolute atomic E-state index is 0.191. The highest BCUT2D eigenvalue weighted by Crippen LogP contribution is 2.43. The molecule has 4 nitrogen and oxygen atoms in total. The summed E-state index contributed by atoms with van der Waals surface area (Å²) >= 11 is 0. The maximum absolute atomic E-state index is 11.0. The highest BCUT2D eigenvalue weighted by atomic mass is 16.6. The van der Waals surface area contributed by atoms with Crippen LogP contribution in [0.3, 0.4) is 0 Å². The van der Waals surface area contributed by atoms with Gasteiger partial charge in [-0.05, 0) is 19.3 Å². The molecule has 0 spiro atoms. The Morgan fingerprint density at radius 3 is 3.15 bits per heavy atom. The first kappa shape index (κ1) is 8.53. The highest BCUT2D eigenvalue weighted by molar-refractivity contribution is 5.75. The Morgan fingerprint density at radius 2 is 2.46 bits per heavy atom. The van der Waals surface area contributed by atoms with E-state index in [-0.39, 0.29) is 24.5 Å². The molecule has 13 heavy (non-hydrogen) atoms. The Bertz CT molecular complexity index is 260. The number of rotatable bonds is 1. The van der Waals surface area contributed by atoms with Crippen LogP contribution in [-0.4, -0.2) is 23.6 Å². The molecule has 2 unspecified atom stereocenters. The first-order chi connectivity index (χ1) is 6.12. The fraction of sp³-hybridized carbons (Fsp3) is 0.778. The summed E-state index contributed by atoms with van der Waals surface area (Å²) in [7, 11) is 0. The molecule has 1 aliphatic heterocycles. The summed E-state index contributed by atoms with van der Waals surface area (Å²) in [5.41, 5.74) is -0.622. The average Bonchev–Trinajstić information content (AvgIpc) is 2.40. The Kier molecular flexibility index (Phi) is 1.78. The van der Waals surface area contributed by atoms with Gasteiger partial charge in [0, 0.05) is 6.92 Å². The van der Waals surface area contributed by atoms with Crippen LogP contribution in [-0.2, 0) is 19.1 Å². The fourth-order valence-electron chi connectivity index (χ4n) is 2.26. The van der Waals surface area contributed by atoms with Gasteiger partial charge in [-0.3, -0.25) is 9.59 Å². The molecule has 2 fully saturated rings. The molecule has 0 aromatic rings. The van der Waals surface area contributed by atoms with Crippen LogP contribution in [0.25, 0.3) is 0 Å². The molecule has 0 aromatic carbocycles. The zero-order chi connectivity index (χ0) is 9.47. The Hall–Kier alpha value is -1.06. The lowest BCUT2D eigenvalue weighted by Gasteiger charge is -2.25. The number of hydrogen-bond acceptors (Lipinski definition) is 4. The van der Waals surface area contributed by atoms with E-state index in [0.717, 1.165) is 19.3 Å². The molecule has 0 radical (unpaired) electrons. The van der Waals surface area contributed by atoms with Crippen LogP contribution in [0.1, 0.15) is 32.6 Å². The predicted octanol–water partition coefficient (Wildman–Crippen LogP) is 0.788. The van der Waals surface area contributed by atoms with Crippen molar-refractivity contribution in [2.75, 3.05) is 0 Å². The van der Waals surface area contributed by atoms with Gasteiger partial charge < -0.3 is 9.47 Å². The van der Waals surface area contributed by atoms with Crippen molar-refractivity contribution in [3.63, 3.8) is 0 Å². The van der Waals surface area contributed by atoms with Crippen molar-refractivity contribution >= 4 is 11.9 Å². The number of fused-ring (bicyclic) bond motifs is 1. The molecule has 4 heteroatoms. The molecular weight excluding hydrogens is 172 g/mol. The highest BCUT2D eigenvalue weighted by Gasteiger charge is 2.54. The van der Waals surface area contributed by atoms with Crippen molar-refractivity contribution in [3.8, 4) is 0 Å². The SMILES string of the molecule is CC(=O)OC12CCCC1OC(=O)C2. The molecule has 1 aliphatic carbocycles. The third kappa shape index (κ3) is 1.30. The quantitative estimate of drug-likeness (QED) is 0.565. The van der Waals surface area contributed by atoms with Crippen LogP contribution in [0, 0.1) is 0 Å². The molecule has 2 aliphatic rings. The molecule has 1 heterocycles. The molecule has 1 saturated heterocycles. The minimum Gasteiger partial charge on any atom is -0.458 e. The second kappa shape index (κ2) is 2.72. The van der Waals surface area contributed by atoms with E-state index < -0.39 is 5.60 Å². The van der Waals surface area contributed by atoms with Crippen LogP contribution in [0.4, 0.5) is 0 Å². The standard InChI is InChI=1S/C9H12O4/c1-6(10)13-9-4-2-3-7(9)12-8(11)5-9/h7H,2-5H2,1H3. The zero-order valence-electron chi connectivity index (χ0n) is 7.54. The van der Waals surface area contributed by atoms with Crippen LogP contribution < -0.4 is 0 Å². The van der Waals surface area contributed by atoms with Gasteiger partial charge >= 0.3 is 11.9 Å². The van der Waals surface area contributed by atoms with Gasteiger partial charge in [-0.15, -0.1) is 0 Å².